The van der Waals surface area contributed by atoms with Gasteiger partial charge in [-0.3, -0.25) is 14.9 Å². The Morgan fingerprint density at radius 2 is 1.93 bits per heavy atom. The average Bonchev–Trinajstić information content (AvgIpc) is 2.77. The maximum absolute atomic E-state index is 12.3. The number of hydrogen-bond acceptors (Lipinski definition) is 7. The fourth-order valence-corrected chi connectivity index (χ4v) is 3.78. The van der Waals surface area contributed by atoms with Gasteiger partial charge < -0.3 is 19.7 Å². The monoisotopic (exact) mass is 405 g/mol. The Labute approximate surface area is 169 Å². The summed E-state index contributed by atoms with van der Waals surface area (Å²) in [7, 11) is 0. The van der Waals surface area contributed by atoms with Gasteiger partial charge in [0.05, 0.1) is 23.7 Å². The van der Waals surface area contributed by atoms with E-state index in [1.54, 1.807) is 6.07 Å². The number of carbonyl (C=O) groups is 2. The van der Waals surface area contributed by atoms with Gasteiger partial charge in [0.1, 0.15) is 5.69 Å². The van der Waals surface area contributed by atoms with Crippen molar-refractivity contribution >= 4 is 23.3 Å². The number of nitro groups is 1. The molecule has 9 nitrogen and oxygen atoms in total. The van der Waals surface area contributed by atoms with Gasteiger partial charge in [0, 0.05) is 25.7 Å². The summed E-state index contributed by atoms with van der Waals surface area (Å²) in [6, 6.07) is 4.23. The van der Waals surface area contributed by atoms with E-state index in [0.29, 0.717) is 44.5 Å². The zero-order valence-corrected chi connectivity index (χ0v) is 16.4. The number of anilines is 1. The van der Waals surface area contributed by atoms with E-state index < -0.39 is 17.5 Å². The lowest BCUT2D eigenvalue weighted by molar-refractivity contribution is -0.384. The minimum Gasteiger partial charge on any atom is -0.452 e. The van der Waals surface area contributed by atoms with Crippen molar-refractivity contribution < 1.29 is 24.0 Å². The molecule has 3 rings (SSSR count). The Balaban J connectivity index is 1.54. The normalized spacial score (nSPS) is 17.6. The van der Waals surface area contributed by atoms with Crippen LogP contribution in [0.3, 0.4) is 0 Å². The lowest BCUT2D eigenvalue weighted by Gasteiger charge is -2.28. The van der Waals surface area contributed by atoms with Crippen LogP contribution in [0.4, 0.5) is 11.4 Å². The molecule has 2 aliphatic rings. The van der Waals surface area contributed by atoms with Gasteiger partial charge in [-0.15, -0.1) is 0 Å². The van der Waals surface area contributed by atoms with E-state index in [1.807, 2.05) is 4.90 Å². The van der Waals surface area contributed by atoms with Crippen LogP contribution in [0.5, 0.6) is 0 Å². The third-order valence-electron chi connectivity index (χ3n) is 5.41. The van der Waals surface area contributed by atoms with Crippen molar-refractivity contribution in [3.63, 3.8) is 0 Å². The van der Waals surface area contributed by atoms with Gasteiger partial charge in [0.25, 0.3) is 11.6 Å². The summed E-state index contributed by atoms with van der Waals surface area (Å²) in [5.41, 5.74) is 0.331. The van der Waals surface area contributed by atoms with E-state index in [4.69, 9.17) is 9.47 Å². The SMILES string of the molecule is O=C(COC(=O)c1ccc(N2CCOCC2)c([N+](=O)[O-])c1)NCC1CCCCC1. The standard InChI is InChI=1S/C20H27N3O6/c24-19(21-13-15-4-2-1-3-5-15)14-29-20(25)16-6-7-17(18(12-16)23(26)27)22-8-10-28-11-9-22/h6-7,12,15H,1-5,8-11,13-14H2,(H,21,24). The second-order valence-electron chi connectivity index (χ2n) is 7.44. The Bertz CT molecular complexity index is 742. The molecule has 9 heteroatoms. The Morgan fingerprint density at radius 3 is 2.62 bits per heavy atom. The molecule has 1 N–H and O–H groups in total. The Hall–Kier alpha value is -2.68. The first-order chi connectivity index (χ1) is 14.0. The number of rotatable bonds is 7. The number of nitrogens with one attached hydrogen (secondary N) is 1. The molecule has 0 radical (unpaired) electrons. The summed E-state index contributed by atoms with van der Waals surface area (Å²) in [6.07, 6.45) is 5.85. The first-order valence-corrected chi connectivity index (χ1v) is 10.1. The first-order valence-electron chi connectivity index (χ1n) is 10.1. The lowest BCUT2D eigenvalue weighted by Crippen LogP contribution is -2.36. The number of amides is 1. The minimum absolute atomic E-state index is 0.0498. The van der Waals surface area contributed by atoms with E-state index in [1.165, 1.54) is 31.4 Å². The van der Waals surface area contributed by atoms with E-state index in [-0.39, 0.29) is 17.2 Å². The summed E-state index contributed by atoms with van der Waals surface area (Å²) in [5, 5.41) is 14.3. The van der Waals surface area contributed by atoms with E-state index in [2.05, 4.69) is 5.32 Å². The molecule has 1 aromatic rings. The van der Waals surface area contributed by atoms with Crippen molar-refractivity contribution in [2.24, 2.45) is 5.92 Å². The van der Waals surface area contributed by atoms with Crippen LogP contribution in [0.25, 0.3) is 0 Å². The minimum atomic E-state index is -0.755. The molecule has 1 amide bonds. The molecule has 1 aromatic carbocycles. The predicted octanol–water partition coefficient (Wildman–Crippen LogP) is 2.28. The zero-order chi connectivity index (χ0) is 20.6. The predicted molar refractivity (Wildman–Crippen MR) is 106 cm³/mol. The van der Waals surface area contributed by atoms with Crippen molar-refractivity contribution in [2.45, 2.75) is 32.1 Å². The van der Waals surface area contributed by atoms with Gasteiger partial charge in [0.2, 0.25) is 0 Å². The molecular formula is C20H27N3O6. The first kappa shape index (κ1) is 21.0. The molecule has 2 fully saturated rings. The summed E-state index contributed by atoms with van der Waals surface area (Å²) in [5.74, 6) is -0.628. The van der Waals surface area contributed by atoms with E-state index in [0.717, 1.165) is 12.8 Å². The number of esters is 1. The van der Waals surface area contributed by atoms with Crippen LogP contribution in [0.2, 0.25) is 0 Å². The van der Waals surface area contributed by atoms with E-state index >= 15 is 0 Å². The van der Waals surface area contributed by atoms with Gasteiger partial charge in [-0.1, -0.05) is 19.3 Å². The molecule has 0 spiro atoms. The molecule has 1 saturated heterocycles. The molecule has 158 valence electrons. The smallest absolute Gasteiger partial charge is 0.338 e. The molecule has 1 aliphatic carbocycles. The van der Waals surface area contributed by atoms with Crippen molar-refractivity contribution in [3.05, 3.63) is 33.9 Å². The summed E-state index contributed by atoms with van der Waals surface area (Å²) < 4.78 is 10.3. The van der Waals surface area contributed by atoms with Crippen molar-refractivity contribution in [3.8, 4) is 0 Å². The number of carbonyl (C=O) groups excluding carboxylic acids is 2. The second-order valence-corrected chi connectivity index (χ2v) is 7.44. The van der Waals surface area contributed by atoms with Gasteiger partial charge >= 0.3 is 5.97 Å². The maximum Gasteiger partial charge on any atom is 0.338 e. The Kier molecular flexibility index (Phi) is 7.40. The van der Waals surface area contributed by atoms with Crippen LogP contribution in [0.15, 0.2) is 18.2 Å². The molecular weight excluding hydrogens is 378 g/mol. The number of nitro benzene ring substituents is 1. The molecule has 1 aliphatic heterocycles. The molecule has 29 heavy (non-hydrogen) atoms. The third kappa shape index (κ3) is 5.90. The highest BCUT2D eigenvalue weighted by Gasteiger charge is 2.24. The topological polar surface area (TPSA) is 111 Å². The fraction of sp³-hybridized carbons (Fsp3) is 0.600. The number of benzene rings is 1. The van der Waals surface area contributed by atoms with Crippen molar-refractivity contribution in [1.29, 1.82) is 0 Å². The second kappa shape index (κ2) is 10.2. The molecule has 0 bridgehead atoms. The van der Waals surface area contributed by atoms with E-state index in [9.17, 15) is 19.7 Å². The largest absolute Gasteiger partial charge is 0.452 e. The fourth-order valence-electron chi connectivity index (χ4n) is 3.78. The van der Waals surface area contributed by atoms with Gasteiger partial charge in [-0.25, -0.2) is 4.79 Å². The summed E-state index contributed by atoms with van der Waals surface area (Å²) in [6.45, 7) is 2.28. The van der Waals surface area contributed by atoms with Crippen LogP contribution >= 0.6 is 0 Å². The van der Waals surface area contributed by atoms with Crippen LogP contribution in [-0.2, 0) is 14.3 Å². The summed E-state index contributed by atoms with van der Waals surface area (Å²) >= 11 is 0. The van der Waals surface area contributed by atoms with Crippen LogP contribution < -0.4 is 10.2 Å². The average molecular weight is 405 g/mol. The van der Waals surface area contributed by atoms with Crippen LogP contribution in [-0.4, -0.2) is 56.3 Å². The molecule has 0 atom stereocenters. The number of nitrogens with zero attached hydrogens (tertiary/aromatic N) is 2. The number of ether oxygens (including phenoxy) is 2. The molecule has 1 saturated carbocycles. The highest BCUT2D eigenvalue weighted by Crippen LogP contribution is 2.30. The highest BCUT2D eigenvalue weighted by atomic mass is 16.6. The van der Waals surface area contributed by atoms with Crippen LogP contribution in [0.1, 0.15) is 42.5 Å². The summed E-state index contributed by atoms with van der Waals surface area (Å²) in [4.78, 5) is 37.0. The molecule has 0 aromatic heterocycles. The zero-order valence-electron chi connectivity index (χ0n) is 16.4. The highest BCUT2D eigenvalue weighted by molar-refractivity contribution is 5.93. The molecule has 0 unspecified atom stereocenters. The lowest BCUT2D eigenvalue weighted by atomic mass is 9.89. The van der Waals surface area contributed by atoms with Crippen molar-refractivity contribution in [1.82, 2.24) is 5.32 Å². The Morgan fingerprint density at radius 1 is 1.21 bits per heavy atom. The maximum atomic E-state index is 12.3. The molecule has 1 heterocycles. The van der Waals surface area contributed by atoms with Gasteiger partial charge in [-0.2, -0.15) is 0 Å². The van der Waals surface area contributed by atoms with Gasteiger partial charge in [0.15, 0.2) is 6.61 Å². The quantitative estimate of drug-likeness (QED) is 0.421. The third-order valence-corrected chi connectivity index (χ3v) is 5.41. The number of morpholine rings is 1. The van der Waals surface area contributed by atoms with Crippen molar-refractivity contribution in [2.75, 3.05) is 44.4 Å². The van der Waals surface area contributed by atoms with Crippen LogP contribution in [0, 0.1) is 16.0 Å². The number of hydrogen-bond donors (Lipinski definition) is 1. The van der Waals surface area contributed by atoms with Gasteiger partial charge in [-0.05, 0) is 30.9 Å².